The third-order valence-electron chi connectivity index (χ3n) is 0.990. The zero-order chi connectivity index (χ0) is 9.40. The SMILES string of the molecule is NC(=O)OCCNC(=O)CCCl. The van der Waals surface area contributed by atoms with E-state index in [-0.39, 0.29) is 31.4 Å². The van der Waals surface area contributed by atoms with Crippen molar-refractivity contribution in [3.63, 3.8) is 0 Å². The number of halogens is 1. The fourth-order valence-corrected chi connectivity index (χ4v) is 0.688. The van der Waals surface area contributed by atoms with Crippen molar-refractivity contribution in [3.8, 4) is 0 Å². The Bertz CT molecular complexity index is 163. The molecule has 0 unspecified atom stereocenters. The van der Waals surface area contributed by atoms with Crippen LogP contribution in [0, 0.1) is 0 Å². The number of ether oxygens (including phenoxy) is 1. The molecule has 0 aliphatic carbocycles. The largest absolute Gasteiger partial charge is 0.448 e. The number of rotatable bonds is 5. The van der Waals surface area contributed by atoms with E-state index in [0.717, 1.165) is 0 Å². The zero-order valence-electron chi connectivity index (χ0n) is 6.51. The second-order valence-electron chi connectivity index (χ2n) is 1.96. The van der Waals surface area contributed by atoms with Gasteiger partial charge in [-0.05, 0) is 0 Å². The molecule has 0 aliphatic rings. The number of hydrogen-bond donors (Lipinski definition) is 2. The second kappa shape index (κ2) is 6.72. The lowest BCUT2D eigenvalue weighted by Gasteiger charge is -2.02. The van der Waals surface area contributed by atoms with E-state index in [4.69, 9.17) is 11.6 Å². The highest BCUT2D eigenvalue weighted by atomic mass is 35.5. The lowest BCUT2D eigenvalue weighted by Crippen LogP contribution is -2.29. The molecule has 0 atom stereocenters. The predicted molar refractivity (Wildman–Crippen MR) is 43.9 cm³/mol. The number of alkyl halides is 1. The van der Waals surface area contributed by atoms with Crippen LogP contribution in [-0.2, 0) is 9.53 Å². The van der Waals surface area contributed by atoms with Crippen LogP contribution in [0.5, 0.6) is 0 Å². The molecule has 0 aromatic rings. The molecule has 3 N–H and O–H groups in total. The zero-order valence-corrected chi connectivity index (χ0v) is 7.26. The van der Waals surface area contributed by atoms with Gasteiger partial charge in [0.05, 0.1) is 6.54 Å². The van der Waals surface area contributed by atoms with Gasteiger partial charge >= 0.3 is 6.09 Å². The van der Waals surface area contributed by atoms with Gasteiger partial charge in [0, 0.05) is 12.3 Å². The third kappa shape index (κ3) is 7.14. The molecule has 0 heterocycles. The van der Waals surface area contributed by atoms with E-state index in [9.17, 15) is 9.59 Å². The number of carbonyl (C=O) groups excluding carboxylic acids is 2. The molecule has 6 heteroatoms. The highest BCUT2D eigenvalue weighted by Crippen LogP contribution is 1.83. The fraction of sp³-hybridized carbons (Fsp3) is 0.667. The first-order chi connectivity index (χ1) is 5.66. The Kier molecular flexibility index (Phi) is 6.18. The summed E-state index contributed by atoms with van der Waals surface area (Å²) in [5, 5.41) is 2.48. The average Bonchev–Trinajstić information content (AvgIpc) is 1.98. The lowest BCUT2D eigenvalue weighted by atomic mass is 10.4. The standard InChI is InChI=1S/C6H11ClN2O3/c7-2-1-5(10)9-3-4-12-6(8)11/h1-4H2,(H2,8,11)(H,9,10). The first kappa shape index (κ1) is 11.0. The van der Waals surface area contributed by atoms with Gasteiger partial charge < -0.3 is 15.8 Å². The highest BCUT2D eigenvalue weighted by molar-refractivity contribution is 6.18. The minimum Gasteiger partial charge on any atom is -0.448 e. The smallest absolute Gasteiger partial charge is 0.404 e. The van der Waals surface area contributed by atoms with Crippen LogP contribution in [0.4, 0.5) is 4.79 Å². The topological polar surface area (TPSA) is 81.4 Å². The van der Waals surface area contributed by atoms with Crippen LogP contribution in [0.3, 0.4) is 0 Å². The van der Waals surface area contributed by atoms with Crippen molar-refractivity contribution in [1.82, 2.24) is 5.32 Å². The Balaban J connectivity index is 3.19. The van der Waals surface area contributed by atoms with Crippen LogP contribution in [0.25, 0.3) is 0 Å². The third-order valence-corrected chi connectivity index (χ3v) is 1.18. The van der Waals surface area contributed by atoms with Crippen LogP contribution in [0.15, 0.2) is 0 Å². The second-order valence-corrected chi connectivity index (χ2v) is 2.33. The molecule has 0 saturated heterocycles. The molecule has 0 aromatic carbocycles. The van der Waals surface area contributed by atoms with Crippen molar-refractivity contribution in [1.29, 1.82) is 0 Å². The van der Waals surface area contributed by atoms with Crippen LogP contribution < -0.4 is 11.1 Å². The number of carbonyl (C=O) groups is 2. The fourth-order valence-electron chi connectivity index (χ4n) is 0.516. The molecule has 0 bridgehead atoms. The number of nitrogens with one attached hydrogen (secondary N) is 1. The van der Waals surface area contributed by atoms with Crippen molar-refractivity contribution < 1.29 is 14.3 Å². The predicted octanol–water partition coefficient (Wildman–Crippen LogP) is -0.173. The molecule has 5 nitrogen and oxygen atoms in total. The molecule has 0 radical (unpaired) electrons. The molecule has 0 fully saturated rings. The van der Waals surface area contributed by atoms with Crippen molar-refractivity contribution in [2.45, 2.75) is 6.42 Å². The summed E-state index contributed by atoms with van der Waals surface area (Å²) < 4.78 is 4.36. The molecule has 0 aliphatic heterocycles. The Labute approximate surface area is 75.2 Å². The van der Waals surface area contributed by atoms with E-state index in [1.807, 2.05) is 0 Å². The van der Waals surface area contributed by atoms with Crippen molar-refractivity contribution >= 4 is 23.6 Å². The summed E-state index contributed by atoms with van der Waals surface area (Å²) in [4.78, 5) is 20.8. The van der Waals surface area contributed by atoms with Gasteiger partial charge in [0.2, 0.25) is 5.91 Å². The van der Waals surface area contributed by atoms with Crippen molar-refractivity contribution in [2.75, 3.05) is 19.0 Å². The average molecular weight is 195 g/mol. The molecule has 12 heavy (non-hydrogen) atoms. The van der Waals surface area contributed by atoms with Crippen LogP contribution in [0.2, 0.25) is 0 Å². The van der Waals surface area contributed by atoms with Crippen LogP contribution in [-0.4, -0.2) is 31.0 Å². The molecule has 0 rings (SSSR count). The first-order valence-electron chi connectivity index (χ1n) is 3.41. The van der Waals surface area contributed by atoms with Crippen LogP contribution >= 0.6 is 11.6 Å². The maximum Gasteiger partial charge on any atom is 0.404 e. The van der Waals surface area contributed by atoms with E-state index in [1.54, 1.807) is 0 Å². The molecular weight excluding hydrogens is 184 g/mol. The summed E-state index contributed by atoms with van der Waals surface area (Å²) in [6.45, 7) is 0.349. The minimum absolute atomic E-state index is 0.0867. The molecular formula is C6H11ClN2O3. The van der Waals surface area contributed by atoms with E-state index in [0.29, 0.717) is 0 Å². The Morgan fingerprint density at radius 2 is 2.17 bits per heavy atom. The quantitative estimate of drug-likeness (QED) is 0.471. The monoisotopic (exact) mass is 194 g/mol. The van der Waals surface area contributed by atoms with E-state index in [2.05, 4.69) is 15.8 Å². The van der Waals surface area contributed by atoms with Gasteiger partial charge in [-0.25, -0.2) is 4.79 Å². The summed E-state index contributed by atoms with van der Waals surface area (Å²) in [5.74, 6) is 0.112. The summed E-state index contributed by atoms with van der Waals surface area (Å²) in [6, 6.07) is 0. The molecule has 0 saturated carbocycles. The highest BCUT2D eigenvalue weighted by Gasteiger charge is 1.98. The van der Waals surface area contributed by atoms with Gasteiger partial charge in [-0.3, -0.25) is 4.79 Å². The lowest BCUT2D eigenvalue weighted by molar-refractivity contribution is -0.120. The van der Waals surface area contributed by atoms with Gasteiger partial charge in [0.25, 0.3) is 0 Å². The Hall–Kier alpha value is -0.970. The summed E-state index contributed by atoms with van der Waals surface area (Å²) in [7, 11) is 0. The molecule has 70 valence electrons. The minimum atomic E-state index is -0.846. The van der Waals surface area contributed by atoms with Gasteiger partial charge in [0.15, 0.2) is 0 Å². The Morgan fingerprint density at radius 3 is 2.67 bits per heavy atom. The van der Waals surface area contributed by atoms with Gasteiger partial charge in [-0.2, -0.15) is 0 Å². The van der Waals surface area contributed by atoms with Crippen LogP contribution in [0.1, 0.15) is 6.42 Å². The van der Waals surface area contributed by atoms with E-state index >= 15 is 0 Å². The normalized spacial score (nSPS) is 9.08. The van der Waals surface area contributed by atoms with E-state index in [1.165, 1.54) is 0 Å². The number of hydrogen-bond acceptors (Lipinski definition) is 3. The first-order valence-corrected chi connectivity index (χ1v) is 3.95. The van der Waals surface area contributed by atoms with Gasteiger partial charge in [-0.1, -0.05) is 0 Å². The van der Waals surface area contributed by atoms with Crippen molar-refractivity contribution in [2.24, 2.45) is 5.73 Å². The summed E-state index contributed by atoms with van der Waals surface area (Å²) in [5.41, 5.74) is 4.67. The number of amides is 2. The Morgan fingerprint density at radius 1 is 1.50 bits per heavy atom. The molecule has 0 aromatic heterocycles. The van der Waals surface area contributed by atoms with Gasteiger partial charge in [-0.15, -0.1) is 11.6 Å². The van der Waals surface area contributed by atoms with Crippen molar-refractivity contribution in [3.05, 3.63) is 0 Å². The number of nitrogens with two attached hydrogens (primary N) is 1. The molecule has 2 amide bonds. The maximum absolute atomic E-state index is 10.7. The number of primary amides is 1. The maximum atomic E-state index is 10.7. The summed E-state index contributed by atoms with van der Waals surface area (Å²) >= 11 is 5.29. The molecule has 0 spiro atoms. The van der Waals surface area contributed by atoms with Gasteiger partial charge in [0.1, 0.15) is 6.61 Å². The summed E-state index contributed by atoms with van der Waals surface area (Å²) in [6.07, 6.45) is -0.584. The van der Waals surface area contributed by atoms with E-state index < -0.39 is 6.09 Å².